The lowest BCUT2D eigenvalue weighted by atomic mass is 9.67. The number of ketones is 2. The van der Waals surface area contributed by atoms with Crippen molar-refractivity contribution in [3.05, 3.63) is 36.2 Å². The van der Waals surface area contributed by atoms with Gasteiger partial charge in [-0.25, -0.2) is 0 Å². The van der Waals surface area contributed by atoms with Gasteiger partial charge in [0.2, 0.25) is 0 Å². The summed E-state index contributed by atoms with van der Waals surface area (Å²) >= 11 is 0. The van der Waals surface area contributed by atoms with Crippen LogP contribution in [0.3, 0.4) is 0 Å². The highest BCUT2D eigenvalue weighted by Gasteiger charge is 2.62. The quantitative estimate of drug-likeness (QED) is 0.112. The summed E-state index contributed by atoms with van der Waals surface area (Å²) in [5.41, 5.74) is 4.62. The topological polar surface area (TPSA) is 224 Å². The van der Waals surface area contributed by atoms with Crippen molar-refractivity contribution >= 4 is 29.3 Å². The van der Waals surface area contributed by atoms with Crippen molar-refractivity contribution in [1.82, 2.24) is 15.0 Å². The first kappa shape index (κ1) is 46.8. The average Bonchev–Trinajstić information content (AvgIpc) is 3.83. The molecule has 0 saturated carbocycles. The Balaban J connectivity index is 1.51. The van der Waals surface area contributed by atoms with Crippen LogP contribution in [0.1, 0.15) is 93.4 Å². The van der Waals surface area contributed by atoms with E-state index in [4.69, 9.17) is 38.8 Å². The molecule has 3 N–H and O–H groups in total. The van der Waals surface area contributed by atoms with Crippen molar-refractivity contribution in [3.63, 3.8) is 0 Å². The highest BCUT2D eigenvalue weighted by atomic mass is 16.7. The number of aliphatic hydroxyl groups excluding tert-OH is 1. The number of Topliss-reactive ketones (excluding diaryl/α,β-unsaturated/α-hetero) is 2. The lowest BCUT2D eigenvalue weighted by Gasteiger charge is -2.47. The zero-order valence-corrected chi connectivity index (χ0v) is 36.8. The van der Waals surface area contributed by atoms with E-state index in [0.717, 1.165) is 0 Å². The monoisotopic (exact) mass is 841 g/mol. The number of cyclic esters (lactones) is 1. The molecular formula is C43H63N5O12. The number of fused-ring (bicyclic) bond motifs is 1. The first-order valence-electron chi connectivity index (χ1n) is 20.8. The van der Waals surface area contributed by atoms with Gasteiger partial charge in [-0.05, 0) is 80.1 Å². The predicted molar refractivity (Wildman–Crippen MR) is 217 cm³/mol. The second-order valence-corrected chi connectivity index (χ2v) is 17.4. The largest absolute Gasteiger partial charge is 0.458 e. The minimum absolute atomic E-state index is 0.0474. The third-order valence-electron chi connectivity index (χ3n) is 12.9. The molecule has 3 aliphatic rings. The Morgan fingerprint density at radius 3 is 2.38 bits per heavy atom. The van der Waals surface area contributed by atoms with Gasteiger partial charge in [0.15, 0.2) is 35.4 Å². The second-order valence-electron chi connectivity index (χ2n) is 17.4. The van der Waals surface area contributed by atoms with Gasteiger partial charge in [0.25, 0.3) is 0 Å². The van der Waals surface area contributed by atoms with Crippen molar-refractivity contribution in [2.24, 2.45) is 46.4 Å². The maximum atomic E-state index is 14.8. The van der Waals surface area contributed by atoms with Crippen LogP contribution < -0.4 is 5.73 Å². The van der Waals surface area contributed by atoms with Gasteiger partial charge in [0.05, 0.1) is 17.8 Å². The first-order valence-corrected chi connectivity index (χ1v) is 20.8. The number of aliphatic hydroxyl groups is 1. The van der Waals surface area contributed by atoms with Gasteiger partial charge < -0.3 is 48.8 Å². The molecule has 5 rings (SSSR count). The average molecular weight is 842 g/mol. The highest BCUT2D eigenvalue weighted by molar-refractivity contribution is 6.03. The molecule has 1 unspecified atom stereocenters. The summed E-state index contributed by atoms with van der Waals surface area (Å²) in [7, 11) is 5.16. The number of nitrogens with two attached hydrogens (primary N) is 1. The number of likely N-dealkylation sites (N-methyl/N-ethyl adjacent to an activating group) is 1. The number of rotatable bonds is 10. The molecule has 60 heavy (non-hydrogen) atoms. The van der Waals surface area contributed by atoms with Crippen LogP contribution in [0.2, 0.25) is 0 Å². The Kier molecular flexibility index (Phi) is 14.6. The van der Waals surface area contributed by atoms with Gasteiger partial charge in [0.1, 0.15) is 41.2 Å². The fraction of sp³-hybridized carbons (Fsp3) is 0.698. The van der Waals surface area contributed by atoms with Crippen LogP contribution >= 0.6 is 0 Å². The standard InChI is InChI=1S/C43H63N5O12/c1-13-31-43(9)33(32(40(53)58-43)38(44)47-59-26(7)28-19-30(60-46-28)27-16-14-15-17-45-27)23(4)34(49)21(2)20-42(8,54-12)37(24(5)35(50)25(6)39(52)56-31)57-41-36(51)29(48(10)11)18-22(3)55-41/h14-17,19,21-26,29,31-33,36-37,41,51H,13,18,20H2,1-12H3,(H2,44,47)/t21-,22-,23-,24+,25-,26-,29+,31+,32-,33+,36-,37-,41?,42-,43-/m1/s1. The highest BCUT2D eigenvalue weighted by Crippen LogP contribution is 2.48. The van der Waals surface area contributed by atoms with E-state index in [0.29, 0.717) is 23.6 Å². The summed E-state index contributed by atoms with van der Waals surface area (Å²) in [6.45, 7) is 15.1. The van der Waals surface area contributed by atoms with E-state index >= 15 is 0 Å². The maximum absolute atomic E-state index is 14.8. The fourth-order valence-corrected chi connectivity index (χ4v) is 9.30. The van der Waals surface area contributed by atoms with E-state index in [1.807, 2.05) is 32.0 Å². The zero-order chi connectivity index (χ0) is 44.4. The molecule has 17 nitrogen and oxygen atoms in total. The van der Waals surface area contributed by atoms with Gasteiger partial charge in [-0.2, -0.15) is 0 Å². The number of methoxy groups -OCH3 is 1. The normalized spacial score (nSPS) is 37.9. The molecule has 0 radical (unpaired) electrons. The molecule has 2 aromatic heterocycles. The molecule has 2 aromatic rings. The lowest BCUT2D eigenvalue weighted by Crippen LogP contribution is -2.59. The van der Waals surface area contributed by atoms with Crippen LogP contribution in [-0.2, 0) is 47.7 Å². The van der Waals surface area contributed by atoms with E-state index in [2.05, 4.69) is 15.3 Å². The Morgan fingerprint density at radius 1 is 1.07 bits per heavy atom. The number of hydrogen-bond acceptors (Lipinski definition) is 16. The molecule has 0 aliphatic carbocycles. The van der Waals surface area contributed by atoms with Gasteiger partial charge in [-0.15, -0.1) is 0 Å². The Bertz CT molecular complexity index is 1870. The first-order chi connectivity index (χ1) is 28.2. The number of pyridine rings is 1. The van der Waals surface area contributed by atoms with Crippen molar-refractivity contribution in [3.8, 4) is 11.5 Å². The summed E-state index contributed by atoms with van der Waals surface area (Å²) in [6.07, 6.45) is -3.13. The number of nitrogens with zero attached hydrogens (tertiary/aromatic N) is 4. The summed E-state index contributed by atoms with van der Waals surface area (Å²) in [5, 5.41) is 19.7. The van der Waals surface area contributed by atoms with Gasteiger partial charge in [-0.1, -0.05) is 44.1 Å². The third kappa shape index (κ3) is 9.29. The molecule has 5 heterocycles. The summed E-state index contributed by atoms with van der Waals surface area (Å²) < 4.78 is 36.5. The number of amidine groups is 1. The molecular weight excluding hydrogens is 778 g/mol. The molecule has 3 fully saturated rings. The number of oxime groups is 1. The number of aromatic nitrogens is 2. The number of carbonyl (C=O) groups is 4. The molecule has 3 aliphatic heterocycles. The molecule has 17 heteroatoms. The molecule has 3 saturated heterocycles. The van der Waals surface area contributed by atoms with Crippen LogP contribution in [-0.4, -0.2) is 119 Å². The Morgan fingerprint density at radius 2 is 1.77 bits per heavy atom. The maximum Gasteiger partial charge on any atom is 0.317 e. The van der Waals surface area contributed by atoms with Crippen molar-refractivity contribution in [2.45, 2.75) is 136 Å². The number of hydrogen-bond donors (Lipinski definition) is 2. The molecule has 0 spiro atoms. The Labute approximate surface area is 351 Å². The van der Waals surface area contributed by atoms with Crippen LogP contribution in [0.25, 0.3) is 11.5 Å². The smallest absolute Gasteiger partial charge is 0.317 e. The van der Waals surface area contributed by atoms with Gasteiger partial charge >= 0.3 is 11.9 Å². The van der Waals surface area contributed by atoms with Crippen LogP contribution in [0.4, 0.5) is 0 Å². The summed E-state index contributed by atoms with van der Waals surface area (Å²) in [5.74, 6) is -8.54. The van der Waals surface area contributed by atoms with Gasteiger partial charge in [0, 0.05) is 49.1 Å². The van der Waals surface area contributed by atoms with Crippen molar-refractivity contribution < 1.29 is 57.3 Å². The summed E-state index contributed by atoms with van der Waals surface area (Å²) in [4.78, 5) is 69.0. The molecule has 0 aromatic carbocycles. The molecule has 0 bridgehead atoms. The Hall–Kier alpha value is -4.29. The number of carbonyl (C=O) groups excluding carboxylic acids is 4. The van der Waals surface area contributed by atoms with Crippen LogP contribution in [0, 0.1) is 35.5 Å². The van der Waals surface area contributed by atoms with Crippen LogP contribution in [0.15, 0.2) is 40.1 Å². The fourth-order valence-electron chi connectivity index (χ4n) is 9.30. The van der Waals surface area contributed by atoms with E-state index in [9.17, 15) is 24.3 Å². The lowest BCUT2D eigenvalue weighted by molar-refractivity contribution is -0.295. The predicted octanol–water partition coefficient (Wildman–Crippen LogP) is 4.26. The second kappa shape index (κ2) is 18.8. The van der Waals surface area contributed by atoms with Crippen molar-refractivity contribution in [2.75, 3.05) is 21.2 Å². The van der Waals surface area contributed by atoms with Crippen LogP contribution in [0.5, 0.6) is 0 Å². The van der Waals surface area contributed by atoms with Crippen molar-refractivity contribution in [1.29, 1.82) is 0 Å². The van der Waals surface area contributed by atoms with Gasteiger partial charge in [-0.3, -0.25) is 24.2 Å². The van der Waals surface area contributed by atoms with E-state index in [-0.39, 0.29) is 36.6 Å². The molecule has 0 amide bonds. The number of esters is 2. The number of ether oxygens (including phenoxy) is 5. The summed E-state index contributed by atoms with van der Waals surface area (Å²) in [6, 6.07) is 6.70. The minimum Gasteiger partial charge on any atom is -0.458 e. The zero-order valence-electron chi connectivity index (χ0n) is 36.8. The minimum atomic E-state index is -1.58. The SMILES string of the molecule is CC[C@@H]1OC(=O)[C@H](C)C(=O)[C@H](C)[C@@H](OC2O[C@H](C)C[C@H](N(C)C)[C@H]2O)[C@](C)(OC)C[C@@H](C)C(=O)[C@H](C)[C@H]2[C@H](/C(N)=N/O[C@H](C)c3cc(-c4ccccn4)on3)C(=O)O[C@@]21C. The molecule has 332 valence electrons. The third-order valence-corrected chi connectivity index (χ3v) is 12.9. The van der Waals surface area contributed by atoms with E-state index in [1.54, 1.807) is 72.9 Å². The van der Waals surface area contributed by atoms with E-state index in [1.165, 1.54) is 14.0 Å². The molecule has 15 atom stereocenters. The van der Waals surface area contributed by atoms with E-state index < -0.39 is 95.1 Å².